The Bertz CT molecular complexity index is 1460. The Morgan fingerprint density at radius 3 is 2.81 bits per heavy atom. The van der Waals surface area contributed by atoms with Gasteiger partial charge in [-0.1, -0.05) is 0 Å². The lowest BCUT2D eigenvalue weighted by atomic mass is 10.1. The Balaban J connectivity index is 1.72. The van der Waals surface area contributed by atoms with E-state index in [0.29, 0.717) is 31.5 Å². The fourth-order valence-corrected chi connectivity index (χ4v) is 4.79. The van der Waals surface area contributed by atoms with Crippen LogP contribution in [0.2, 0.25) is 0 Å². The van der Waals surface area contributed by atoms with Crippen molar-refractivity contribution in [2.24, 2.45) is 7.05 Å². The number of aryl methyl sites for hydroxylation is 3. The zero-order valence-corrected chi connectivity index (χ0v) is 22.2. The lowest BCUT2D eigenvalue weighted by Gasteiger charge is -2.18. The number of pyridine rings is 1. The molecule has 2 bridgehead atoms. The molecule has 1 aliphatic rings. The average molecular weight is 507 g/mol. The molecule has 196 valence electrons. The summed E-state index contributed by atoms with van der Waals surface area (Å²) in [6.45, 7) is 11.4. The third kappa shape index (κ3) is 4.49. The first kappa shape index (κ1) is 25.0. The van der Waals surface area contributed by atoms with Crippen LogP contribution in [0.1, 0.15) is 55.2 Å². The number of ether oxygens (including phenoxy) is 2. The van der Waals surface area contributed by atoms with E-state index in [1.807, 2.05) is 64.6 Å². The monoisotopic (exact) mass is 506 g/mol. The summed E-state index contributed by atoms with van der Waals surface area (Å²) in [4.78, 5) is 4.86. The fourth-order valence-electron chi connectivity index (χ4n) is 4.79. The quantitative estimate of drug-likeness (QED) is 0.385. The molecular weight excluding hydrogens is 472 g/mol. The van der Waals surface area contributed by atoms with Crippen LogP contribution < -0.4 is 14.8 Å². The molecule has 0 spiro atoms. The SMILES string of the molecule is CCOc1nn([C@@H](C)CO)c2c1/C=C/c1[nH]nc3c(C)nc(cc13)-c1c(C)nn(C)c1O[C@@H](C)CNC2. The number of aromatic amines is 1. The van der Waals surface area contributed by atoms with E-state index < -0.39 is 0 Å². The second-order valence-corrected chi connectivity index (χ2v) is 9.48. The summed E-state index contributed by atoms with van der Waals surface area (Å²) >= 11 is 0. The van der Waals surface area contributed by atoms with E-state index in [1.165, 1.54) is 0 Å². The summed E-state index contributed by atoms with van der Waals surface area (Å²) in [7, 11) is 1.88. The number of fused-ring (bicyclic) bond motifs is 4. The minimum atomic E-state index is -0.210. The maximum absolute atomic E-state index is 9.89. The molecular formula is C26H34N8O3. The molecule has 0 saturated carbocycles. The van der Waals surface area contributed by atoms with Crippen LogP contribution in [0, 0.1) is 13.8 Å². The molecule has 5 heterocycles. The Labute approximate surface area is 215 Å². The van der Waals surface area contributed by atoms with Crippen LogP contribution in [0.5, 0.6) is 11.8 Å². The topological polar surface area (TPSA) is 128 Å². The van der Waals surface area contributed by atoms with Gasteiger partial charge in [0.05, 0.1) is 58.9 Å². The summed E-state index contributed by atoms with van der Waals surface area (Å²) in [5, 5.41) is 31.4. The highest BCUT2D eigenvalue weighted by Gasteiger charge is 2.24. The van der Waals surface area contributed by atoms with Crippen LogP contribution >= 0.6 is 0 Å². The normalized spacial score (nSPS) is 17.5. The number of nitrogens with one attached hydrogen (secondary N) is 2. The molecule has 2 atom stereocenters. The first-order valence-corrected chi connectivity index (χ1v) is 12.6. The van der Waals surface area contributed by atoms with Crippen molar-refractivity contribution in [2.45, 2.75) is 53.3 Å². The van der Waals surface area contributed by atoms with Gasteiger partial charge in [0.2, 0.25) is 11.8 Å². The lowest BCUT2D eigenvalue weighted by molar-refractivity contribution is 0.198. The van der Waals surface area contributed by atoms with Gasteiger partial charge in [-0.15, -0.1) is 5.10 Å². The smallest absolute Gasteiger partial charge is 0.240 e. The van der Waals surface area contributed by atoms with Gasteiger partial charge in [0, 0.05) is 25.5 Å². The summed E-state index contributed by atoms with van der Waals surface area (Å²) in [5.41, 5.74) is 6.76. The summed E-state index contributed by atoms with van der Waals surface area (Å²) in [6, 6.07) is 1.82. The number of hydrogen-bond donors (Lipinski definition) is 3. The van der Waals surface area contributed by atoms with Gasteiger partial charge in [-0.2, -0.15) is 10.2 Å². The highest BCUT2D eigenvalue weighted by molar-refractivity contribution is 5.93. The van der Waals surface area contributed by atoms with Gasteiger partial charge >= 0.3 is 0 Å². The summed E-state index contributed by atoms with van der Waals surface area (Å²) in [5.74, 6) is 1.20. The molecule has 0 aromatic carbocycles. The van der Waals surface area contributed by atoms with Gasteiger partial charge in [0.15, 0.2) is 0 Å². The van der Waals surface area contributed by atoms with Gasteiger partial charge in [0.25, 0.3) is 0 Å². The standard InChI is InChI=1S/C26H34N8O3/c1-7-36-25-18-8-9-20-19-10-21(28-17(5)24(19)30-29-20)23-16(4)31-33(6)26(23)37-15(3)11-27-12-22(18)34(32-25)14(2)13-35/h8-10,14-15,27,35H,7,11-13H2,1-6H3,(H,29,30)/b9-8+/t14-,15-/m0/s1. The van der Waals surface area contributed by atoms with Crippen molar-refractivity contribution in [3.8, 4) is 23.0 Å². The zero-order chi connectivity index (χ0) is 26.3. The number of nitrogens with zero attached hydrogens (tertiary/aromatic N) is 6. The minimum Gasteiger partial charge on any atom is -0.476 e. The van der Waals surface area contributed by atoms with E-state index in [0.717, 1.165) is 50.5 Å². The van der Waals surface area contributed by atoms with E-state index in [1.54, 1.807) is 4.68 Å². The molecule has 0 unspecified atom stereocenters. The number of aliphatic hydroxyl groups is 1. The first-order chi connectivity index (χ1) is 17.8. The van der Waals surface area contributed by atoms with Gasteiger partial charge in [-0.25, -0.2) is 4.68 Å². The van der Waals surface area contributed by atoms with Crippen molar-refractivity contribution in [3.63, 3.8) is 0 Å². The van der Waals surface area contributed by atoms with E-state index in [-0.39, 0.29) is 18.8 Å². The van der Waals surface area contributed by atoms with Crippen molar-refractivity contribution < 1.29 is 14.6 Å². The number of H-pyrrole nitrogens is 1. The van der Waals surface area contributed by atoms with Crippen molar-refractivity contribution in [2.75, 3.05) is 19.8 Å². The third-order valence-electron chi connectivity index (χ3n) is 6.60. The summed E-state index contributed by atoms with van der Waals surface area (Å²) in [6.07, 6.45) is 3.84. The Kier molecular flexibility index (Phi) is 6.74. The van der Waals surface area contributed by atoms with Crippen LogP contribution in [0.4, 0.5) is 0 Å². The molecule has 0 saturated heterocycles. The second-order valence-electron chi connectivity index (χ2n) is 9.48. The molecule has 4 aromatic heterocycles. The zero-order valence-electron chi connectivity index (χ0n) is 22.2. The molecule has 5 rings (SSSR count). The second kappa shape index (κ2) is 9.98. The van der Waals surface area contributed by atoms with Gasteiger partial charge in [-0.3, -0.25) is 14.8 Å². The molecule has 0 amide bonds. The van der Waals surface area contributed by atoms with E-state index in [9.17, 15) is 5.11 Å². The molecule has 0 aliphatic carbocycles. The lowest BCUT2D eigenvalue weighted by Crippen LogP contribution is -2.30. The van der Waals surface area contributed by atoms with Crippen molar-refractivity contribution in [1.82, 2.24) is 40.1 Å². The third-order valence-corrected chi connectivity index (χ3v) is 6.60. The van der Waals surface area contributed by atoms with Gasteiger partial charge in [0.1, 0.15) is 11.6 Å². The Hall–Kier alpha value is -3.70. The molecule has 11 nitrogen and oxygen atoms in total. The summed E-state index contributed by atoms with van der Waals surface area (Å²) < 4.78 is 15.9. The van der Waals surface area contributed by atoms with Gasteiger partial charge in [-0.05, 0) is 52.8 Å². The maximum atomic E-state index is 9.89. The number of hydrogen-bond acceptors (Lipinski definition) is 8. The molecule has 3 N–H and O–H groups in total. The van der Waals surface area contributed by atoms with Crippen LogP contribution in [0.15, 0.2) is 6.07 Å². The predicted octanol–water partition coefficient (Wildman–Crippen LogP) is 3.16. The Morgan fingerprint density at radius 1 is 1.24 bits per heavy atom. The molecule has 4 aromatic rings. The maximum Gasteiger partial charge on any atom is 0.240 e. The molecule has 0 radical (unpaired) electrons. The first-order valence-electron chi connectivity index (χ1n) is 12.6. The molecule has 11 heteroatoms. The fraction of sp³-hybridized carbons (Fsp3) is 0.462. The van der Waals surface area contributed by atoms with Crippen molar-refractivity contribution in [3.05, 3.63) is 34.4 Å². The molecule has 0 fully saturated rings. The highest BCUT2D eigenvalue weighted by atomic mass is 16.5. The van der Waals surface area contributed by atoms with Crippen molar-refractivity contribution >= 4 is 23.1 Å². The number of rotatable bonds is 4. The number of aliphatic hydroxyl groups excluding tert-OH is 1. The predicted molar refractivity (Wildman–Crippen MR) is 141 cm³/mol. The van der Waals surface area contributed by atoms with Crippen molar-refractivity contribution in [1.29, 1.82) is 0 Å². The van der Waals surface area contributed by atoms with E-state index in [2.05, 4.69) is 20.6 Å². The van der Waals surface area contributed by atoms with Crippen LogP contribution in [-0.2, 0) is 13.6 Å². The minimum absolute atomic E-state index is 0.0359. The Morgan fingerprint density at radius 2 is 2.05 bits per heavy atom. The molecule has 1 aliphatic heterocycles. The molecule has 37 heavy (non-hydrogen) atoms. The largest absolute Gasteiger partial charge is 0.476 e. The van der Waals surface area contributed by atoms with Crippen LogP contribution in [0.25, 0.3) is 34.3 Å². The average Bonchev–Trinajstić information content (AvgIpc) is 3.51. The van der Waals surface area contributed by atoms with E-state index >= 15 is 0 Å². The van der Waals surface area contributed by atoms with E-state index in [4.69, 9.17) is 19.6 Å². The van der Waals surface area contributed by atoms with Crippen LogP contribution in [-0.4, -0.2) is 65.7 Å². The van der Waals surface area contributed by atoms with Gasteiger partial charge < -0.3 is 19.9 Å². The highest BCUT2D eigenvalue weighted by Crippen LogP contribution is 2.35. The number of aromatic nitrogens is 7. The van der Waals surface area contributed by atoms with Crippen LogP contribution in [0.3, 0.4) is 0 Å².